The molecular formula is C22H21N3O4. The van der Waals surface area contributed by atoms with E-state index in [0.29, 0.717) is 10.9 Å². The first kappa shape index (κ1) is 18.9. The summed E-state index contributed by atoms with van der Waals surface area (Å²) in [6, 6.07) is 12.4. The quantitative estimate of drug-likeness (QED) is 0.367. The summed E-state index contributed by atoms with van der Waals surface area (Å²) in [5.74, 6) is 0.867. The molecule has 2 heterocycles. The largest absolute Gasteiger partial charge is 0.497 e. The van der Waals surface area contributed by atoms with E-state index in [0.717, 1.165) is 42.8 Å². The molecule has 7 nitrogen and oxygen atoms in total. The zero-order valence-electron chi connectivity index (χ0n) is 16.1. The van der Waals surface area contributed by atoms with Crippen molar-refractivity contribution in [2.45, 2.75) is 12.8 Å². The SMILES string of the molecule is COc1ccc(C(=O)C2CCN(c3ccc([N+](=O)[O-])c4cnccc34)CC2)cc1. The Morgan fingerprint density at radius 3 is 2.48 bits per heavy atom. The van der Waals surface area contributed by atoms with E-state index in [1.54, 1.807) is 31.5 Å². The molecule has 3 aromatic rings. The maximum absolute atomic E-state index is 12.8. The summed E-state index contributed by atoms with van der Waals surface area (Å²) in [6.07, 6.45) is 4.68. The van der Waals surface area contributed by atoms with Crippen LogP contribution in [0.4, 0.5) is 11.4 Å². The number of benzene rings is 2. The number of Topliss-reactive ketones (excluding diaryl/α,β-unsaturated/α-hetero) is 1. The second kappa shape index (κ2) is 7.87. The average molecular weight is 391 g/mol. The molecule has 0 aliphatic carbocycles. The Bertz CT molecular complexity index is 1060. The molecule has 148 valence electrons. The Kier molecular flexibility index (Phi) is 5.12. The van der Waals surface area contributed by atoms with Crippen LogP contribution in [0.5, 0.6) is 5.75 Å². The van der Waals surface area contributed by atoms with Gasteiger partial charge in [-0.2, -0.15) is 0 Å². The molecule has 0 atom stereocenters. The van der Waals surface area contributed by atoms with Gasteiger partial charge >= 0.3 is 0 Å². The molecule has 0 spiro atoms. The second-order valence-electron chi connectivity index (χ2n) is 7.14. The number of anilines is 1. The van der Waals surface area contributed by atoms with Gasteiger partial charge in [-0.3, -0.25) is 19.9 Å². The third-order valence-corrected chi connectivity index (χ3v) is 5.55. The van der Waals surface area contributed by atoms with Crippen molar-refractivity contribution in [2.24, 2.45) is 5.92 Å². The van der Waals surface area contributed by atoms with Crippen LogP contribution in [0.1, 0.15) is 23.2 Å². The molecule has 0 radical (unpaired) electrons. The topological polar surface area (TPSA) is 85.6 Å². The minimum Gasteiger partial charge on any atom is -0.497 e. The number of rotatable bonds is 5. The van der Waals surface area contributed by atoms with Gasteiger partial charge in [-0.05, 0) is 49.2 Å². The molecule has 0 saturated carbocycles. The van der Waals surface area contributed by atoms with Crippen LogP contribution < -0.4 is 9.64 Å². The fraction of sp³-hybridized carbons (Fsp3) is 0.273. The van der Waals surface area contributed by atoms with Gasteiger partial charge in [0.1, 0.15) is 5.75 Å². The van der Waals surface area contributed by atoms with Crippen LogP contribution in [0.2, 0.25) is 0 Å². The van der Waals surface area contributed by atoms with Crippen LogP contribution in [0.3, 0.4) is 0 Å². The zero-order chi connectivity index (χ0) is 20.4. The fourth-order valence-corrected chi connectivity index (χ4v) is 3.97. The highest BCUT2D eigenvalue weighted by molar-refractivity contribution is 6.00. The van der Waals surface area contributed by atoms with Crippen molar-refractivity contribution in [1.29, 1.82) is 0 Å². The van der Waals surface area contributed by atoms with Gasteiger partial charge < -0.3 is 9.64 Å². The zero-order valence-corrected chi connectivity index (χ0v) is 16.1. The van der Waals surface area contributed by atoms with Gasteiger partial charge in [0.05, 0.1) is 17.4 Å². The predicted molar refractivity (Wildman–Crippen MR) is 111 cm³/mol. The monoisotopic (exact) mass is 391 g/mol. The summed E-state index contributed by atoms with van der Waals surface area (Å²) >= 11 is 0. The summed E-state index contributed by atoms with van der Waals surface area (Å²) < 4.78 is 5.15. The molecule has 1 aromatic heterocycles. The van der Waals surface area contributed by atoms with E-state index in [4.69, 9.17) is 4.74 Å². The summed E-state index contributed by atoms with van der Waals surface area (Å²) in [7, 11) is 1.60. The van der Waals surface area contributed by atoms with Crippen LogP contribution in [-0.2, 0) is 0 Å². The number of non-ortho nitro benzene ring substituents is 1. The lowest BCUT2D eigenvalue weighted by molar-refractivity contribution is -0.383. The highest BCUT2D eigenvalue weighted by Crippen LogP contribution is 2.35. The molecule has 0 unspecified atom stereocenters. The fourth-order valence-electron chi connectivity index (χ4n) is 3.97. The smallest absolute Gasteiger partial charge is 0.278 e. The molecule has 1 fully saturated rings. The Morgan fingerprint density at radius 2 is 1.83 bits per heavy atom. The lowest BCUT2D eigenvalue weighted by Crippen LogP contribution is -2.36. The molecule has 0 bridgehead atoms. The van der Waals surface area contributed by atoms with Gasteiger partial charge in [0.15, 0.2) is 5.78 Å². The Labute approximate surface area is 168 Å². The minimum absolute atomic E-state index is 0.0226. The number of nitrogens with zero attached hydrogens (tertiary/aromatic N) is 3. The van der Waals surface area contributed by atoms with Gasteiger partial charge in [-0.1, -0.05) is 0 Å². The van der Waals surface area contributed by atoms with Crippen LogP contribution in [-0.4, -0.2) is 35.9 Å². The average Bonchev–Trinajstić information content (AvgIpc) is 2.78. The summed E-state index contributed by atoms with van der Waals surface area (Å²) in [4.78, 5) is 30.0. The van der Waals surface area contributed by atoms with Crippen molar-refractivity contribution in [1.82, 2.24) is 4.98 Å². The Morgan fingerprint density at radius 1 is 1.10 bits per heavy atom. The molecule has 2 aromatic carbocycles. The molecule has 1 aliphatic heterocycles. The van der Waals surface area contributed by atoms with Crippen LogP contribution in [0.25, 0.3) is 10.8 Å². The molecule has 7 heteroatoms. The van der Waals surface area contributed by atoms with E-state index in [1.165, 1.54) is 12.3 Å². The van der Waals surface area contributed by atoms with Crippen molar-refractivity contribution in [2.75, 3.05) is 25.1 Å². The van der Waals surface area contributed by atoms with Crippen molar-refractivity contribution < 1.29 is 14.5 Å². The van der Waals surface area contributed by atoms with E-state index in [2.05, 4.69) is 9.88 Å². The van der Waals surface area contributed by atoms with E-state index in [1.807, 2.05) is 18.2 Å². The Hall–Kier alpha value is -3.48. The van der Waals surface area contributed by atoms with Gasteiger partial charge in [0, 0.05) is 54.1 Å². The first-order valence-corrected chi connectivity index (χ1v) is 9.53. The van der Waals surface area contributed by atoms with Crippen molar-refractivity contribution in [3.8, 4) is 5.75 Å². The molecule has 1 saturated heterocycles. The number of piperidine rings is 1. The maximum Gasteiger partial charge on any atom is 0.278 e. The standard InChI is InChI=1S/C22H21N3O4/c1-29-17-4-2-15(3-5-17)22(26)16-9-12-24(13-10-16)20-6-7-21(25(27)28)19-14-23-11-8-18(19)20/h2-8,11,14,16H,9-10,12-13H2,1H3. The van der Waals surface area contributed by atoms with Gasteiger partial charge in [-0.15, -0.1) is 0 Å². The highest BCUT2D eigenvalue weighted by Gasteiger charge is 2.27. The van der Waals surface area contributed by atoms with Gasteiger partial charge in [0.2, 0.25) is 0 Å². The van der Waals surface area contributed by atoms with E-state index in [9.17, 15) is 14.9 Å². The number of methoxy groups -OCH3 is 1. The number of pyridine rings is 1. The molecule has 1 aliphatic rings. The highest BCUT2D eigenvalue weighted by atomic mass is 16.6. The van der Waals surface area contributed by atoms with Crippen molar-refractivity contribution in [3.63, 3.8) is 0 Å². The van der Waals surface area contributed by atoms with E-state index >= 15 is 0 Å². The number of aromatic nitrogens is 1. The maximum atomic E-state index is 12.8. The first-order valence-electron chi connectivity index (χ1n) is 9.53. The second-order valence-corrected chi connectivity index (χ2v) is 7.14. The molecule has 0 N–H and O–H groups in total. The summed E-state index contributed by atoms with van der Waals surface area (Å²) in [5, 5.41) is 12.7. The van der Waals surface area contributed by atoms with Crippen molar-refractivity contribution >= 4 is 27.9 Å². The number of fused-ring (bicyclic) bond motifs is 1. The number of nitro groups is 1. The molecular weight excluding hydrogens is 370 g/mol. The number of hydrogen-bond donors (Lipinski definition) is 0. The molecule has 0 amide bonds. The number of ether oxygens (including phenoxy) is 1. The van der Waals surface area contributed by atoms with Crippen LogP contribution >= 0.6 is 0 Å². The summed E-state index contributed by atoms with van der Waals surface area (Å²) in [6.45, 7) is 1.45. The number of ketones is 1. The Balaban J connectivity index is 1.52. The number of nitro benzene ring substituents is 1. The normalized spacial score (nSPS) is 14.7. The third-order valence-electron chi connectivity index (χ3n) is 5.55. The van der Waals surface area contributed by atoms with Gasteiger partial charge in [0.25, 0.3) is 5.69 Å². The van der Waals surface area contributed by atoms with E-state index < -0.39 is 0 Å². The molecule has 4 rings (SSSR count). The van der Waals surface area contributed by atoms with Crippen molar-refractivity contribution in [3.05, 3.63) is 70.5 Å². The van der Waals surface area contributed by atoms with Gasteiger partial charge in [-0.25, -0.2) is 0 Å². The van der Waals surface area contributed by atoms with Crippen LogP contribution in [0, 0.1) is 16.0 Å². The predicted octanol–water partition coefficient (Wildman–Crippen LogP) is 4.25. The number of carbonyl (C=O) groups is 1. The first-order chi connectivity index (χ1) is 14.1. The number of hydrogen-bond acceptors (Lipinski definition) is 6. The van der Waals surface area contributed by atoms with E-state index in [-0.39, 0.29) is 22.3 Å². The number of carbonyl (C=O) groups excluding carboxylic acids is 1. The van der Waals surface area contributed by atoms with Crippen LogP contribution in [0.15, 0.2) is 54.9 Å². The third kappa shape index (κ3) is 3.63. The minimum atomic E-state index is -0.381. The summed E-state index contributed by atoms with van der Waals surface area (Å²) in [5.41, 5.74) is 1.71. The lowest BCUT2D eigenvalue weighted by atomic mass is 9.88. The lowest BCUT2D eigenvalue weighted by Gasteiger charge is -2.33. The molecule has 29 heavy (non-hydrogen) atoms.